The maximum absolute atomic E-state index is 13.8. The van der Waals surface area contributed by atoms with E-state index in [0.29, 0.717) is 34.0 Å². The second-order valence-corrected chi connectivity index (χ2v) is 9.82. The first-order valence-corrected chi connectivity index (χ1v) is 12.9. The van der Waals surface area contributed by atoms with Gasteiger partial charge in [0.05, 0.1) is 42.2 Å². The van der Waals surface area contributed by atoms with Gasteiger partial charge in [-0.3, -0.25) is 9.78 Å². The number of rotatable bonds is 6. The number of pyridine rings is 3. The van der Waals surface area contributed by atoms with Crippen LogP contribution in [0, 0.1) is 6.92 Å². The summed E-state index contributed by atoms with van der Waals surface area (Å²) >= 11 is 1.60. The third-order valence-corrected chi connectivity index (χ3v) is 7.21. The Morgan fingerprint density at radius 1 is 1.16 bits per heavy atom. The summed E-state index contributed by atoms with van der Waals surface area (Å²) in [5.41, 5.74) is 4.14. The number of β-amino-alcohol motifs (C(OH)–C–C–N with tert-alkyl or cyclic N) is 1. The van der Waals surface area contributed by atoms with Gasteiger partial charge in [-0.1, -0.05) is 12.1 Å². The molecule has 4 aromatic rings. The number of carbonyl (C=O) groups is 1. The van der Waals surface area contributed by atoms with Crippen LogP contribution in [0.2, 0.25) is 0 Å². The van der Waals surface area contributed by atoms with Crippen molar-refractivity contribution in [3.05, 3.63) is 77.6 Å². The van der Waals surface area contributed by atoms with Gasteiger partial charge in [0, 0.05) is 22.0 Å². The largest absolute Gasteiger partial charge is 0.385 e. The van der Waals surface area contributed by atoms with E-state index in [1.165, 1.54) is 4.90 Å². The van der Waals surface area contributed by atoms with Crippen LogP contribution in [0.3, 0.4) is 0 Å². The molecule has 0 aliphatic carbocycles. The van der Waals surface area contributed by atoms with Crippen molar-refractivity contribution in [1.29, 1.82) is 0 Å². The van der Waals surface area contributed by atoms with Crippen LogP contribution in [0.15, 0.2) is 65.7 Å². The second kappa shape index (κ2) is 10.0. The number of nitrogens with one attached hydrogen (secondary N) is 1. The first-order valence-electron chi connectivity index (χ1n) is 11.7. The van der Waals surface area contributed by atoms with E-state index in [2.05, 4.69) is 15.3 Å². The summed E-state index contributed by atoms with van der Waals surface area (Å²) in [4.78, 5) is 28.7. The van der Waals surface area contributed by atoms with Crippen molar-refractivity contribution < 1.29 is 18.7 Å². The minimum atomic E-state index is -3.17. The molecule has 0 radical (unpaired) electrons. The number of aryl methyl sites for hydroxylation is 1. The number of alkyl halides is 2. The lowest BCUT2D eigenvalue weighted by molar-refractivity contribution is -0.0712. The molecule has 10 heteroatoms. The SMILES string of the molecule is CSc1cc(C(=O)NCc2cc3nc(-c4cccc(N5CC(O)C(F)(F)C5)n4)ccc3cn2)ccc1C. The minimum absolute atomic E-state index is 0.183. The molecule has 1 aliphatic heterocycles. The Bertz CT molecular complexity index is 1480. The van der Waals surface area contributed by atoms with Crippen molar-refractivity contribution in [2.45, 2.75) is 30.4 Å². The summed E-state index contributed by atoms with van der Waals surface area (Å²) in [6, 6.07) is 16.2. The van der Waals surface area contributed by atoms with Gasteiger partial charge in [-0.25, -0.2) is 18.7 Å². The van der Waals surface area contributed by atoms with Crippen molar-refractivity contribution in [1.82, 2.24) is 20.3 Å². The fourth-order valence-corrected chi connectivity index (χ4v) is 4.85. The average Bonchev–Trinajstić information content (AvgIpc) is 3.19. The van der Waals surface area contributed by atoms with Crippen LogP contribution in [0.1, 0.15) is 21.6 Å². The van der Waals surface area contributed by atoms with E-state index in [1.54, 1.807) is 48.3 Å². The summed E-state index contributed by atoms with van der Waals surface area (Å²) in [7, 11) is 0. The third-order valence-electron chi connectivity index (χ3n) is 6.33. The first-order chi connectivity index (χ1) is 17.7. The van der Waals surface area contributed by atoms with Crippen molar-refractivity contribution >= 4 is 34.4 Å². The average molecular weight is 522 g/mol. The molecule has 1 atom stereocenters. The van der Waals surface area contributed by atoms with Crippen LogP contribution in [0.4, 0.5) is 14.6 Å². The second-order valence-electron chi connectivity index (χ2n) is 8.97. The zero-order chi connectivity index (χ0) is 26.2. The highest BCUT2D eigenvalue weighted by Gasteiger charge is 2.47. The number of hydrogen-bond donors (Lipinski definition) is 2. The monoisotopic (exact) mass is 521 g/mol. The Morgan fingerprint density at radius 3 is 2.73 bits per heavy atom. The van der Waals surface area contributed by atoms with Crippen LogP contribution < -0.4 is 10.2 Å². The quantitative estimate of drug-likeness (QED) is 0.362. The fraction of sp³-hybridized carbons (Fsp3) is 0.259. The Labute approximate surface area is 217 Å². The number of aliphatic hydroxyl groups excluding tert-OH is 1. The van der Waals surface area contributed by atoms with Gasteiger partial charge >= 0.3 is 0 Å². The van der Waals surface area contributed by atoms with Gasteiger partial charge in [0.25, 0.3) is 11.8 Å². The molecule has 2 N–H and O–H groups in total. The molecule has 4 heterocycles. The minimum Gasteiger partial charge on any atom is -0.385 e. The predicted octanol–water partition coefficient (Wildman–Crippen LogP) is 4.47. The maximum atomic E-state index is 13.8. The molecule has 5 rings (SSSR count). The van der Waals surface area contributed by atoms with Gasteiger partial charge in [0.15, 0.2) is 0 Å². The molecule has 37 heavy (non-hydrogen) atoms. The molecule has 0 saturated carbocycles. The van der Waals surface area contributed by atoms with E-state index in [4.69, 9.17) is 4.98 Å². The van der Waals surface area contributed by atoms with Crippen molar-refractivity contribution in [3.8, 4) is 11.4 Å². The zero-order valence-corrected chi connectivity index (χ0v) is 21.1. The molecule has 0 spiro atoms. The standard InChI is InChI=1S/C27H25F2N5O2S/c1-16-6-7-17(10-23(16)37-2)26(36)31-13-19-11-22-18(12-30-19)8-9-21(32-22)20-4-3-5-25(33-20)34-14-24(35)27(28,29)15-34/h3-12,24,35H,13-15H2,1-2H3,(H,31,36). The van der Waals surface area contributed by atoms with Gasteiger partial charge in [-0.2, -0.15) is 0 Å². The van der Waals surface area contributed by atoms with E-state index >= 15 is 0 Å². The van der Waals surface area contributed by atoms with Crippen LogP contribution in [0.25, 0.3) is 22.3 Å². The Morgan fingerprint density at radius 2 is 1.97 bits per heavy atom. The number of nitrogens with zero attached hydrogens (tertiary/aromatic N) is 4. The van der Waals surface area contributed by atoms with E-state index in [0.717, 1.165) is 15.8 Å². The summed E-state index contributed by atoms with van der Waals surface area (Å²) in [5, 5.41) is 13.4. The van der Waals surface area contributed by atoms with Gasteiger partial charge < -0.3 is 15.3 Å². The van der Waals surface area contributed by atoms with Gasteiger partial charge in [0.1, 0.15) is 11.9 Å². The highest BCUT2D eigenvalue weighted by Crippen LogP contribution is 2.31. The highest BCUT2D eigenvalue weighted by atomic mass is 32.2. The maximum Gasteiger partial charge on any atom is 0.292 e. The number of thioether (sulfide) groups is 1. The number of amides is 1. The summed E-state index contributed by atoms with van der Waals surface area (Å²) in [6.45, 7) is 1.48. The molecule has 1 saturated heterocycles. The van der Waals surface area contributed by atoms with Crippen LogP contribution in [-0.2, 0) is 6.54 Å². The molecule has 3 aromatic heterocycles. The summed E-state index contributed by atoms with van der Waals surface area (Å²) < 4.78 is 27.6. The molecular weight excluding hydrogens is 496 g/mol. The lowest BCUT2D eigenvalue weighted by Crippen LogP contribution is -2.31. The lowest BCUT2D eigenvalue weighted by atomic mass is 10.1. The molecule has 1 aliphatic rings. The number of halogens is 2. The summed E-state index contributed by atoms with van der Waals surface area (Å²) in [6.07, 6.45) is 1.95. The molecule has 7 nitrogen and oxygen atoms in total. The van der Waals surface area contributed by atoms with E-state index in [-0.39, 0.29) is 19.0 Å². The number of aromatic nitrogens is 3. The normalized spacial score (nSPS) is 16.8. The molecule has 190 valence electrons. The Hall–Kier alpha value is -3.63. The molecule has 1 aromatic carbocycles. The molecule has 0 bridgehead atoms. The molecule has 1 unspecified atom stereocenters. The molecule has 1 fully saturated rings. The van der Waals surface area contributed by atoms with Crippen LogP contribution in [0.5, 0.6) is 0 Å². The molecule has 1 amide bonds. The predicted molar refractivity (Wildman–Crippen MR) is 140 cm³/mol. The van der Waals surface area contributed by atoms with Crippen molar-refractivity contribution in [2.75, 3.05) is 24.2 Å². The topological polar surface area (TPSA) is 91.2 Å². The Balaban J connectivity index is 1.34. The lowest BCUT2D eigenvalue weighted by Gasteiger charge is -2.17. The highest BCUT2D eigenvalue weighted by molar-refractivity contribution is 7.98. The van der Waals surface area contributed by atoms with Gasteiger partial charge in [0.2, 0.25) is 0 Å². The third kappa shape index (κ3) is 5.26. The number of aliphatic hydroxyl groups is 1. The van der Waals surface area contributed by atoms with Crippen LogP contribution in [-0.4, -0.2) is 57.3 Å². The van der Waals surface area contributed by atoms with Gasteiger partial charge in [-0.15, -0.1) is 11.8 Å². The number of carbonyl (C=O) groups excluding carboxylic acids is 1. The molecular formula is C27H25F2N5O2S. The smallest absolute Gasteiger partial charge is 0.292 e. The number of hydrogen-bond acceptors (Lipinski definition) is 7. The zero-order valence-electron chi connectivity index (χ0n) is 20.3. The summed E-state index contributed by atoms with van der Waals surface area (Å²) in [5.74, 6) is -3.00. The first kappa shape index (κ1) is 25.0. The van der Waals surface area contributed by atoms with Crippen molar-refractivity contribution in [2.24, 2.45) is 0 Å². The fourth-order valence-electron chi connectivity index (χ4n) is 4.21. The van der Waals surface area contributed by atoms with E-state index < -0.39 is 18.6 Å². The van der Waals surface area contributed by atoms with Crippen molar-refractivity contribution in [3.63, 3.8) is 0 Å². The number of fused-ring (bicyclic) bond motifs is 1. The van der Waals surface area contributed by atoms with Gasteiger partial charge in [-0.05, 0) is 61.2 Å². The van der Waals surface area contributed by atoms with E-state index in [1.807, 2.05) is 37.4 Å². The number of anilines is 1. The number of benzene rings is 1. The van der Waals surface area contributed by atoms with Crippen LogP contribution >= 0.6 is 11.8 Å². The Kier molecular flexibility index (Phi) is 6.78. The van der Waals surface area contributed by atoms with E-state index in [9.17, 15) is 18.7 Å².